The van der Waals surface area contributed by atoms with Crippen LogP contribution in [0.2, 0.25) is 0 Å². The van der Waals surface area contributed by atoms with Gasteiger partial charge in [0.2, 0.25) is 17.7 Å². The Labute approximate surface area is 222 Å². The Morgan fingerprint density at radius 2 is 1.79 bits per heavy atom. The SMILES string of the molecule is CC(C)[C@H](NC(=O)c1cc2ccccc2[nH]1)C(=O)N[C@@H](CC1CCC1)C(=O)N[C@H](C=O)C[C@@H]1CCNC1=O. The van der Waals surface area contributed by atoms with Gasteiger partial charge in [-0.25, -0.2) is 0 Å². The van der Waals surface area contributed by atoms with E-state index in [1.54, 1.807) is 6.07 Å². The summed E-state index contributed by atoms with van der Waals surface area (Å²) >= 11 is 0. The summed E-state index contributed by atoms with van der Waals surface area (Å²) in [7, 11) is 0. The topological polar surface area (TPSA) is 149 Å². The first-order chi connectivity index (χ1) is 18.2. The van der Waals surface area contributed by atoms with Gasteiger partial charge in [-0.1, -0.05) is 51.3 Å². The maximum atomic E-state index is 13.4. The molecule has 2 fully saturated rings. The maximum absolute atomic E-state index is 13.4. The van der Waals surface area contributed by atoms with Crippen molar-refractivity contribution < 1.29 is 24.0 Å². The van der Waals surface area contributed by atoms with E-state index in [0.29, 0.717) is 37.3 Å². The highest BCUT2D eigenvalue weighted by Crippen LogP contribution is 2.30. The van der Waals surface area contributed by atoms with Gasteiger partial charge in [-0.2, -0.15) is 0 Å². The average Bonchev–Trinajstić information content (AvgIpc) is 3.48. The number of nitrogens with one attached hydrogen (secondary N) is 5. The van der Waals surface area contributed by atoms with Gasteiger partial charge in [-0.05, 0) is 43.2 Å². The predicted octanol–water partition coefficient (Wildman–Crippen LogP) is 1.81. The summed E-state index contributed by atoms with van der Waals surface area (Å²) in [5.41, 5.74) is 1.17. The fourth-order valence-electron chi connectivity index (χ4n) is 5.11. The quantitative estimate of drug-likeness (QED) is 0.269. The Morgan fingerprint density at radius 1 is 1.03 bits per heavy atom. The van der Waals surface area contributed by atoms with Crippen LogP contribution < -0.4 is 21.3 Å². The van der Waals surface area contributed by atoms with Crippen molar-refractivity contribution in [2.24, 2.45) is 17.8 Å². The third-order valence-corrected chi connectivity index (χ3v) is 7.63. The fourth-order valence-corrected chi connectivity index (χ4v) is 5.11. The van der Waals surface area contributed by atoms with Gasteiger partial charge in [0.15, 0.2) is 0 Å². The number of rotatable bonds is 12. The van der Waals surface area contributed by atoms with E-state index in [1.807, 2.05) is 38.1 Å². The van der Waals surface area contributed by atoms with E-state index in [-0.39, 0.29) is 24.2 Å². The molecule has 0 spiro atoms. The third-order valence-electron chi connectivity index (χ3n) is 7.63. The van der Waals surface area contributed by atoms with Gasteiger partial charge in [-0.3, -0.25) is 19.2 Å². The molecule has 2 aliphatic rings. The number of aldehydes is 1. The second kappa shape index (κ2) is 12.2. The Bertz CT molecular complexity index is 1150. The molecule has 0 bridgehead atoms. The fraction of sp³-hybridized carbons (Fsp3) is 0.536. The normalized spacial score (nSPS) is 19.8. The van der Waals surface area contributed by atoms with Gasteiger partial charge >= 0.3 is 0 Å². The molecule has 10 heteroatoms. The van der Waals surface area contributed by atoms with Gasteiger partial charge in [-0.15, -0.1) is 0 Å². The Balaban J connectivity index is 1.42. The number of fused-ring (bicyclic) bond motifs is 1. The summed E-state index contributed by atoms with van der Waals surface area (Å²) in [5.74, 6) is -1.69. The van der Waals surface area contributed by atoms with Crippen molar-refractivity contribution in [2.45, 2.75) is 70.5 Å². The summed E-state index contributed by atoms with van der Waals surface area (Å²) in [5, 5.41) is 12.0. The van der Waals surface area contributed by atoms with E-state index < -0.39 is 35.8 Å². The highest BCUT2D eigenvalue weighted by atomic mass is 16.2. The van der Waals surface area contributed by atoms with Gasteiger partial charge in [0.1, 0.15) is 24.1 Å². The van der Waals surface area contributed by atoms with E-state index in [9.17, 15) is 24.0 Å². The molecule has 2 heterocycles. The molecule has 0 radical (unpaired) electrons. The Morgan fingerprint density at radius 3 is 2.39 bits per heavy atom. The highest BCUT2D eigenvalue weighted by molar-refractivity contribution is 6.00. The molecule has 2 aromatic rings. The molecule has 1 aliphatic carbocycles. The van der Waals surface area contributed by atoms with Crippen LogP contribution in [0.3, 0.4) is 0 Å². The van der Waals surface area contributed by atoms with Crippen LogP contribution in [0, 0.1) is 17.8 Å². The van der Waals surface area contributed by atoms with Crippen molar-refractivity contribution >= 4 is 40.8 Å². The van der Waals surface area contributed by atoms with Gasteiger partial charge < -0.3 is 31.0 Å². The van der Waals surface area contributed by atoms with Crippen molar-refractivity contribution in [1.29, 1.82) is 0 Å². The van der Waals surface area contributed by atoms with E-state index >= 15 is 0 Å². The highest BCUT2D eigenvalue weighted by Gasteiger charge is 2.34. The number of benzene rings is 1. The number of carbonyl (C=O) groups is 5. The molecule has 4 rings (SSSR count). The molecule has 1 aliphatic heterocycles. The molecule has 38 heavy (non-hydrogen) atoms. The van der Waals surface area contributed by atoms with Gasteiger partial charge in [0.05, 0.1) is 6.04 Å². The van der Waals surface area contributed by atoms with Crippen molar-refractivity contribution in [1.82, 2.24) is 26.3 Å². The lowest BCUT2D eigenvalue weighted by molar-refractivity contribution is -0.132. The molecule has 10 nitrogen and oxygen atoms in total. The molecule has 204 valence electrons. The standard InChI is InChI=1S/C28H37N5O5/c1-16(2)24(33-27(37)23-14-18-8-3-4-9-21(18)31-23)28(38)32-22(12-17-6-5-7-17)26(36)30-20(15-34)13-19-10-11-29-25(19)35/h3-4,8-9,14-17,19-20,22,24,31H,5-7,10-13H2,1-2H3,(H,29,35)(H,30,36)(H,32,38)(H,33,37)/t19-,20-,22-,24-/m0/s1. The van der Waals surface area contributed by atoms with E-state index in [1.165, 1.54) is 0 Å². The Kier molecular flexibility index (Phi) is 8.81. The average molecular weight is 524 g/mol. The monoisotopic (exact) mass is 523 g/mol. The number of aromatic amines is 1. The first kappa shape index (κ1) is 27.3. The molecule has 0 unspecified atom stereocenters. The molecule has 5 N–H and O–H groups in total. The summed E-state index contributed by atoms with van der Waals surface area (Å²) in [6, 6.07) is 6.71. The van der Waals surface area contributed by atoms with Crippen molar-refractivity contribution in [3.63, 3.8) is 0 Å². The van der Waals surface area contributed by atoms with Gasteiger partial charge in [0.25, 0.3) is 5.91 Å². The first-order valence-electron chi connectivity index (χ1n) is 13.5. The molecule has 1 aromatic carbocycles. The van der Waals surface area contributed by atoms with Crippen molar-refractivity contribution in [3.05, 3.63) is 36.0 Å². The first-order valence-corrected chi connectivity index (χ1v) is 13.5. The number of para-hydroxylation sites is 1. The predicted molar refractivity (Wildman–Crippen MR) is 142 cm³/mol. The minimum atomic E-state index is -0.866. The minimum Gasteiger partial charge on any atom is -0.356 e. The van der Waals surface area contributed by atoms with Crippen LogP contribution in [0.15, 0.2) is 30.3 Å². The Hall–Kier alpha value is -3.69. The molecule has 4 amide bonds. The number of carbonyl (C=O) groups excluding carboxylic acids is 5. The summed E-state index contributed by atoms with van der Waals surface area (Å²) in [6.45, 7) is 4.21. The van der Waals surface area contributed by atoms with Crippen LogP contribution in [-0.4, -0.2) is 59.6 Å². The smallest absolute Gasteiger partial charge is 0.268 e. The van der Waals surface area contributed by atoms with Crippen molar-refractivity contribution in [2.75, 3.05) is 6.54 Å². The summed E-state index contributed by atoms with van der Waals surface area (Å²) < 4.78 is 0. The number of hydrogen-bond acceptors (Lipinski definition) is 5. The van der Waals surface area contributed by atoms with Crippen LogP contribution in [0.5, 0.6) is 0 Å². The molecule has 1 aromatic heterocycles. The second-order valence-electron chi connectivity index (χ2n) is 10.8. The molecular formula is C28H37N5O5. The van der Waals surface area contributed by atoms with Crippen LogP contribution in [-0.2, 0) is 19.2 Å². The second-order valence-corrected chi connectivity index (χ2v) is 10.8. The lowest BCUT2D eigenvalue weighted by atomic mass is 9.80. The van der Waals surface area contributed by atoms with Crippen LogP contribution in [0.1, 0.15) is 62.9 Å². The zero-order valence-corrected chi connectivity index (χ0v) is 21.9. The molecule has 1 saturated heterocycles. The lowest BCUT2D eigenvalue weighted by Gasteiger charge is -2.31. The largest absolute Gasteiger partial charge is 0.356 e. The van der Waals surface area contributed by atoms with E-state index in [2.05, 4.69) is 26.3 Å². The third kappa shape index (κ3) is 6.59. The lowest BCUT2D eigenvalue weighted by Crippen LogP contribution is -2.57. The zero-order valence-electron chi connectivity index (χ0n) is 21.9. The maximum Gasteiger partial charge on any atom is 0.268 e. The van der Waals surface area contributed by atoms with E-state index in [4.69, 9.17) is 0 Å². The van der Waals surface area contributed by atoms with Gasteiger partial charge in [0, 0.05) is 23.4 Å². The van der Waals surface area contributed by atoms with Crippen LogP contribution in [0.4, 0.5) is 0 Å². The van der Waals surface area contributed by atoms with Crippen molar-refractivity contribution in [3.8, 4) is 0 Å². The number of aromatic nitrogens is 1. The van der Waals surface area contributed by atoms with E-state index in [0.717, 1.165) is 30.2 Å². The summed E-state index contributed by atoms with van der Waals surface area (Å²) in [6.07, 6.45) is 4.97. The zero-order chi connectivity index (χ0) is 27.2. The molecule has 1 saturated carbocycles. The minimum absolute atomic E-state index is 0.115. The number of H-pyrrole nitrogens is 1. The summed E-state index contributed by atoms with van der Waals surface area (Å²) in [4.78, 5) is 66.3. The number of amides is 4. The molecule has 4 atom stereocenters. The molecular weight excluding hydrogens is 486 g/mol. The number of hydrogen-bond donors (Lipinski definition) is 5. The van der Waals surface area contributed by atoms with Crippen LogP contribution in [0.25, 0.3) is 10.9 Å². The van der Waals surface area contributed by atoms with Crippen LogP contribution >= 0.6 is 0 Å².